The third-order valence-corrected chi connectivity index (χ3v) is 21.6. The van der Waals surface area contributed by atoms with Gasteiger partial charge in [-0.25, -0.2) is 0 Å². The fourth-order valence-electron chi connectivity index (χ4n) is 16.9. The van der Waals surface area contributed by atoms with Crippen LogP contribution in [0.1, 0.15) is 0 Å². The number of fused-ring (bicyclic) bond motifs is 18. The number of rotatable bonds is 9. The van der Waals surface area contributed by atoms with Crippen LogP contribution in [0.5, 0.6) is 0 Å². The van der Waals surface area contributed by atoms with Crippen molar-refractivity contribution in [2.24, 2.45) is 0 Å². The van der Waals surface area contributed by atoms with Gasteiger partial charge in [-0.2, -0.15) is 0 Å². The van der Waals surface area contributed by atoms with Gasteiger partial charge in [0.1, 0.15) is 16.7 Å². The van der Waals surface area contributed by atoms with E-state index in [1.807, 2.05) is 0 Å². The Kier molecular flexibility index (Phi) is 12.1. The van der Waals surface area contributed by atoms with Gasteiger partial charge in [-0.1, -0.05) is 212 Å². The van der Waals surface area contributed by atoms with Crippen molar-refractivity contribution < 1.29 is 8.83 Å². The molecule has 0 aliphatic heterocycles. The molecule has 0 saturated heterocycles. The Hall–Kier alpha value is -13.7. The average Bonchev–Trinajstić information content (AvgIpc) is 1.58. The van der Waals surface area contributed by atoms with Gasteiger partial charge < -0.3 is 27.1 Å². The molecule has 0 aliphatic rings. The number of para-hydroxylation sites is 7. The van der Waals surface area contributed by atoms with Crippen LogP contribution >= 0.6 is 0 Å². The smallest absolute Gasteiger partial charge is 0.159 e. The Balaban J connectivity index is 0.617. The molecule has 0 amide bonds. The van der Waals surface area contributed by atoms with Crippen molar-refractivity contribution in [3.8, 4) is 78.4 Å². The SMILES string of the molecule is c1ccc(-c2ccc3oc4cc(-n5c6ccccc6c6cc(-c7ccc8c(c7)c7ccc(-c9cccc(-c%10cccc%11c%10oc%10c(-n%12c%13ccccc%13c%13cc(-c%14ccc%15c(c%14)c%14ccccc%14n%15-c%14ccccc%14)ccc%13%12)cccc%10%11)c9)cc7n8-c7ccccc7)ccc65)ccc4c3c2)cc1. The van der Waals surface area contributed by atoms with E-state index in [1.165, 1.54) is 76.4 Å². The van der Waals surface area contributed by atoms with Crippen LogP contribution in [0.15, 0.2) is 361 Å². The first-order chi connectivity index (χ1) is 50.6. The second kappa shape index (κ2) is 21.9. The summed E-state index contributed by atoms with van der Waals surface area (Å²) in [7, 11) is 0. The Bertz CT molecular complexity index is 7240. The van der Waals surface area contributed by atoms with Crippen LogP contribution in [0.4, 0.5) is 0 Å². The predicted molar refractivity (Wildman–Crippen MR) is 426 cm³/mol. The third kappa shape index (κ3) is 8.47. The Labute approximate surface area is 584 Å². The van der Waals surface area contributed by atoms with Crippen LogP contribution in [0.3, 0.4) is 0 Å². The zero-order chi connectivity index (χ0) is 66.7. The lowest BCUT2D eigenvalue weighted by molar-refractivity contribution is 0.667. The van der Waals surface area contributed by atoms with Crippen LogP contribution < -0.4 is 0 Å². The summed E-state index contributed by atoms with van der Waals surface area (Å²) in [4.78, 5) is 0. The Morgan fingerprint density at radius 2 is 0.559 bits per heavy atom. The quantitative estimate of drug-likeness (QED) is 0.145. The molecule has 6 heteroatoms. The lowest BCUT2D eigenvalue weighted by atomic mass is 9.96. The molecular weight excluding hydrogens is 1240 g/mol. The molecule has 0 N–H and O–H groups in total. The number of nitrogens with zero attached hydrogens (tertiary/aromatic N) is 4. The van der Waals surface area contributed by atoms with Gasteiger partial charge in [0.15, 0.2) is 5.58 Å². The molecule has 0 atom stereocenters. The van der Waals surface area contributed by atoms with Gasteiger partial charge in [-0.3, -0.25) is 0 Å². The van der Waals surface area contributed by atoms with Crippen LogP contribution in [-0.2, 0) is 0 Å². The monoisotopic (exact) mass is 1300 g/mol. The summed E-state index contributed by atoms with van der Waals surface area (Å²) in [6.07, 6.45) is 0. The molecule has 0 bridgehead atoms. The summed E-state index contributed by atoms with van der Waals surface area (Å²) in [5, 5.41) is 14.0. The Morgan fingerprint density at radius 3 is 1.17 bits per heavy atom. The Morgan fingerprint density at radius 1 is 0.167 bits per heavy atom. The van der Waals surface area contributed by atoms with Crippen LogP contribution in [0.2, 0.25) is 0 Å². The molecule has 102 heavy (non-hydrogen) atoms. The molecule has 6 heterocycles. The largest absolute Gasteiger partial charge is 0.456 e. The van der Waals surface area contributed by atoms with Gasteiger partial charge in [0.25, 0.3) is 0 Å². The average molecular weight is 1300 g/mol. The van der Waals surface area contributed by atoms with Gasteiger partial charge in [0.05, 0.1) is 49.8 Å². The number of benzene rings is 16. The molecule has 0 radical (unpaired) electrons. The molecule has 0 aliphatic carbocycles. The van der Waals surface area contributed by atoms with Crippen molar-refractivity contribution in [2.75, 3.05) is 0 Å². The van der Waals surface area contributed by atoms with Crippen LogP contribution in [0.25, 0.3) is 209 Å². The summed E-state index contributed by atoms with van der Waals surface area (Å²) in [6.45, 7) is 0. The fourth-order valence-corrected chi connectivity index (χ4v) is 16.9. The molecule has 16 aromatic carbocycles. The summed E-state index contributed by atoms with van der Waals surface area (Å²) < 4.78 is 23.5. The number of hydrogen-bond acceptors (Lipinski definition) is 2. The molecule has 22 rings (SSSR count). The molecule has 6 nitrogen and oxygen atoms in total. The van der Waals surface area contributed by atoms with E-state index >= 15 is 0 Å². The highest BCUT2D eigenvalue weighted by Gasteiger charge is 2.24. The van der Waals surface area contributed by atoms with Crippen molar-refractivity contribution in [3.05, 3.63) is 352 Å². The molecule has 0 spiro atoms. The van der Waals surface area contributed by atoms with Crippen molar-refractivity contribution in [1.29, 1.82) is 0 Å². The second-order valence-electron chi connectivity index (χ2n) is 27.1. The fraction of sp³-hybridized carbons (Fsp3) is 0. The van der Waals surface area contributed by atoms with E-state index in [9.17, 15) is 0 Å². The van der Waals surface area contributed by atoms with Gasteiger partial charge in [-0.05, 0) is 184 Å². The van der Waals surface area contributed by atoms with E-state index in [1.54, 1.807) is 0 Å². The molecule has 0 unspecified atom stereocenters. The zero-order valence-corrected chi connectivity index (χ0v) is 55.1. The minimum Gasteiger partial charge on any atom is -0.456 e. The normalized spacial score (nSPS) is 12.1. The zero-order valence-electron chi connectivity index (χ0n) is 55.1. The van der Waals surface area contributed by atoms with Gasteiger partial charge >= 0.3 is 0 Å². The van der Waals surface area contributed by atoms with Crippen molar-refractivity contribution in [1.82, 2.24) is 18.3 Å². The maximum atomic E-state index is 7.30. The second-order valence-corrected chi connectivity index (χ2v) is 27.1. The lowest BCUT2D eigenvalue weighted by Gasteiger charge is -2.10. The predicted octanol–water partition coefficient (Wildman–Crippen LogP) is 26.2. The van der Waals surface area contributed by atoms with E-state index < -0.39 is 0 Å². The molecule has 0 saturated carbocycles. The van der Waals surface area contributed by atoms with E-state index in [0.717, 1.165) is 133 Å². The summed E-state index contributed by atoms with van der Waals surface area (Å²) in [6, 6.07) is 128. The van der Waals surface area contributed by atoms with Gasteiger partial charge in [0.2, 0.25) is 0 Å². The standard InChI is InChI=1S/C96H58N4O2/c1-4-19-59(20-5-1)61-42-50-93-83(56-61)76-45-43-70(58-94(76)101-93)99-85-34-14-11-28-73(85)80-53-63(40-48-89(80)99)64-39-47-88-82(55-64)75-44-37-66(57-92(75)98(88)69-25-8-3-9-26-69)60-21-16-22-67(51-60)71-30-17-31-77-78-32-18-36-91(96(78)102-95(71)77)100-86-35-15-12-29-74(86)81-54-65(41-49-90(81)100)62-38-46-87-79(52-62)72-27-10-13-33-84(72)97(87)68-23-6-2-7-24-68/h1-58H. The summed E-state index contributed by atoms with van der Waals surface area (Å²) in [5.41, 5.74) is 28.5. The van der Waals surface area contributed by atoms with Crippen molar-refractivity contribution >= 4 is 131 Å². The van der Waals surface area contributed by atoms with Crippen molar-refractivity contribution in [3.63, 3.8) is 0 Å². The number of aromatic nitrogens is 4. The minimum absolute atomic E-state index is 0.852. The first-order valence-corrected chi connectivity index (χ1v) is 34.9. The first-order valence-electron chi connectivity index (χ1n) is 34.9. The molecule has 6 aromatic heterocycles. The third-order valence-electron chi connectivity index (χ3n) is 21.6. The first kappa shape index (κ1) is 56.3. The van der Waals surface area contributed by atoms with E-state index in [0.29, 0.717) is 0 Å². The highest BCUT2D eigenvalue weighted by atomic mass is 16.3. The highest BCUT2D eigenvalue weighted by Crippen LogP contribution is 2.46. The number of hydrogen-bond donors (Lipinski definition) is 0. The minimum atomic E-state index is 0.852. The summed E-state index contributed by atoms with van der Waals surface area (Å²) >= 11 is 0. The number of furan rings is 2. The van der Waals surface area contributed by atoms with Crippen LogP contribution in [0, 0.1) is 0 Å². The topological polar surface area (TPSA) is 46.0 Å². The lowest BCUT2D eigenvalue weighted by Crippen LogP contribution is -1.94. The maximum Gasteiger partial charge on any atom is 0.159 e. The maximum absolute atomic E-state index is 7.30. The molecular formula is C96H58N4O2. The van der Waals surface area contributed by atoms with E-state index in [-0.39, 0.29) is 0 Å². The molecule has 0 fully saturated rings. The van der Waals surface area contributed by atoms with E-state index in [2.05, 4.69) is 370 Å². The van der Waals surface area contributed by atoms with Crippen LogP contribution in [-0.4, -0.2) is 18.3 Å². The highest BCUT2D eigenvalue weighted by molar-refractivity contribution is 6.18. The van der Waals surface area contributed by atoms with Gasteiger partial charge in [0, 0.05) is 93.3 Å². The molecule has 474 valence electrons. The summed E-state index contributed by atoms with van der Waals surface area (Å²) in [5.74, 6) is 0. The molecule has 22 aromatic rings. The van der Waals surface area contributed by atoms with E-state index in [4.69, 9.17) is 8.83 Å². The van der Waals surface area contributed by atoms with Gasteiger partial charge in [-0.15, -0.1) is 0 Å². The van der Waals surface area contributed by atoms with Crippen molar-refractivity contribution in [2.45, 2.75) is 0 Å².